The number of hydrogen-bond acceptors (Lipinski definition) is 2. The molecule has 0 radical (unpaired) electrons. The summed E-state index contributed by atoms with van der Waals surface area (Å²) in [6.45, 7) is 2.06. The molecule has 1 fully saturated rings. The maximum Gasteiger partial charge on any atom is 0.252 e. The number of benzene rings is 1. The van der Waals surface area contributed by atoms with Crippen LogP contribution in [0.15, 0.2) is 18.2 Å². The third kappa shape index (κ3) is 3.58. The smallest absolute Gasteiger partial charge is 0.252 e. The zero-order chi connectivity index (χ0) is 14.5. The van der Waals surface area contributed by atoms with Gasteiger partial charge in [0.25, 0.3) is 5.91 Å². The van der Waals surface area contributed by atoms with Crippen molar-refractivity contribution in [2.45, 2.75) is 32.2 Å². The van der Waals surface area contributed by atoms with E-state index < -0.39 is 5.82 Å². The highest BCUT2D eigenvalue weighted by Crippen LogP contribution is 2.33. The topological polar surface area (TPSA) is 49.3 Å². The summed E-state index contributed by atoms with van der Waals surface area (Å²) in [4.78, 5) is 12.2. The monoisotopic (exact) mass is 275 g/mol. The lowest BCUT2D eigenvalue weighted by Crippen LogP contribution is -2.27. The molecule has 2 rings (SSSR count). The van der Waals surface area contributed by atoms with E-state index in [2.05, 4.69) is 24.1 Å². The molecule has 1 aromatic rings. The molecule has 0 aromatic heterocycles. The predicted molar refractivity (Wildman–Crippen MR) is 74.6 cm³/mol. The molecule has 0 aliphatic heterocycles. The SMILES string of the molecule is CCC1CC1NC(=O)c1cc(F)ccc1C#CCCO. The highest BCUT2D eigenvalue weighted by Gasteiger charge is 2.36. The molecular weight excluding hydrogens is 257 g/mol. The summed E-state index contributed by atoms with van der Waals surface area (Å²) in [5.74, 6) is 5.36. The van der Waals surface area contributed by atoms with Gasteiger partial charge in [-0.05, 0) is 30.5 Å². The zero-order valence-corrected chi connectivity index (χ0v) is 11.4. The molecule has 1 aliphatic carbocycles. The predicted octanol–water partition coefficient (Wildman–Crippen LogP) is 2.09. The fourth-order valence-corrected chi connectivity index (χ4v) is 2.15. The minimum absolute atomic E-state index is 0.0318. The Balaban J connectivity index is 2.14. The summed E-state index contributed by atoms with van der Waals surface area (Å²) in [7, 11) is 0. The number of aliphatic hydroxyl groups excluding tert-OH is 1. The van der Waals surface area contributed by atoms with Gasteiger partial charge in [0.2, 0.25) is 0 Å². The minimum atomic E-state index is -0.453. The third-order valence-corrected chi connectivity index (χ3v) is 3.45. The largest absolute Gasteiger partial charge is 0.395 e. The lowest BCUT2D eigenvalue weighted by Gasteiger charge is -2.06. The van der Waals surface area contributed by atoms with Crippen molar-refractivity contribution < 1.29 is 14.3 Å². The molecule has 0 spiro atoms. The van der Waals surface area contributed by atoms with E-state index in [1.807, 2.05) is 0 Å². The van der Waals surface area contributed by atoms with Gasteiger partial charge in [-0.15, -0.1) is 0 Å². The maximum absolute atomic E-state index is 13.3. The van der Waals surface area contributed by atoms with Gasteiger partial charge in [-0.3, -0.25) is 4.79 Å². The normalized spacial score (nSPS) is 19.9. The summed E-state index contributed by atoms with van der Waals surface area (Å²) >= 11 is 0. The summed E-state index contributed by atoms with van der Waals surface area (Å²) in [6.07, 6.45) is 2.36. The summed E-state index contributed by atoms with van der Waals surface area (Å²) in [6, 6.07) is 4.20. The van der Waals surface area contributed by atoms with Gasteiger partial charge in [-0.25, -0.2) is 4.39 Å². The molecule has 2 N–H and O–H groups in total. The average molecular weight is 275 g/mol. The first kappa shape index (κ1) is 14.5. The van der Waals surface area contributed by atoms with Crippen LogP contribution in [0.2, 0.25) is 0 Å². The molecular formula is C16H18FNO2. The van der Waals surface area contributed by atoms with Crippen LogP contribution in [0.25, 0.3) is 0 Å². The van der Waals surface area contributed by atoms with Crippen molar-refractivity contribution in [3.8, 4) is 11.8 Å². The fourth-order valence-electron chi connectivity index (χ4n) is 2.15. The van der Waals surface area contributed by atoms with Crippen molar-refractivity contribution in [3.05, 3.63) is 35.1 Å². The van der Waals surface area contributed by atoms with Crippen molar-refractivity contribution >= 4 is 5.91 Å². The van der Waals surface area contributed by atoms with Crippen LogP contribution in [-0.4, -0.2) is 23.7 Å². The Bertz CT molecular complexity index is 559. The van der Waals surface area contributed by atoms with Gasteiger partial charge < -0.3 is 10.4 Å². The van der Waals surface area contributed by atoms with E-state index in [0.29, 0.717) is 17.9 Å². The quantitative estimate of drug-likeness (QED) is 0.827. The van der Waals surface area contributed by atoms with Crippen molar-refractivity contribution in [1.29, 1.82) is 0 Å². The number of rotatable bonds is 4. The zero-order valence-electron chi connectivity index (χ0n) is 11.4. The molecule has 1 aliphatic rings. The number of carbonyl (C=O) groups excluding carboxylic acids is 1. The standard InChI is InChI=1S/C16H18FNO2/c1-2-11-9-15(11)18-16(20)14-10-13(17)7-6-12(14)5-3-4-8-19/h6-7,10-11,15,19H,2,4,8-9H2,1H3,(H,18,20). The van der Waals surface area contributed by atoms with Crippen molar-refractivity contribution in [1.82, 2.24) is 5.32 Å². The molecule has 20 heavy (non-hydrogen) atoms. The second kappa shape index (κ2) is 6.53. The summed E-state index contributed by atoms with van der Waals surface area (Å²) in [5, 5.41) is 11.6. The van der Waals surface area contributed by atoms with Gasteiger partial charge in [0.15, 0.2) is 0 Å². The molecule has 1 aromatic carbocycles. The Kier molecular flexibility index (Phi) is 4.75. The molecule has 0 bridgehead atoms. The van der Waals surface area contributed by atoms with Gasteiger partial charge in [0.1, 0.15) is 5.82 Å². The first-order chi connectivity index (χ1) is 9.65. The highest BCUT2D eigenvalue weighted by atomic mass is 19.1. The number of halogens is 1. The Labute approximate surface area is 118 Å². The van der Waals surface area contributed by atoms with Crippen LogP contribution in [0, 0.1) is 23.6 Å². The van der Waals surface area contributed by atoms with Crippen molar-refractivity contribution in [2.24, 2.45) is 5.92 Å². The fraction of sp³-hybridized carbons (Fsp3) is 0.438. The van der Waals surface area contributed by atoms with Gasteiger partial charge >= 0.3 is 0 Å². The Morgan fingerprint density at radius 1 is 1.55 bits per heavy atom. The molecule has 0 saturated heterocycles. The Morgan fingerprint density at radius 3 is 3.00 bits per heavy atom. The van der Waals surface area contributed by atoms with E-state index in [1.165, 1.54) is 18.2 Å². The molecule has 1 saturated carbocycles. The van der Waals surface area contributed by atoms with Crippen molar-refractivity contribution in [2.75, 3.05) is 6.61 Å². The molecule has 3 nitrogen and oxygen atoms in total. The number of hydrogen-bond donors (Lipinski definition) is 2. The van der Waals surface area contributed by atoms with Crippen LogP contribution < -0.4 is 5.32 Å². The van der Waals surface area contributed by atoms with E-state index in [0.717, 1.165) is 12.8 Å². The van der Waals surface area contributed by atoms with Gasteiger partial charge in [0, 0.05) is 18.0 Å². The van der Waals surface area contributed by atoms with Gasteiger partial charge in [0.05, 0.1) is 12.2 Å². The average Bonchev–Trinajstić information content (AvgIpc) is 3.18. The molecule has 4 heteroatoms. The first-order valence-electron chi connectivity index (χ1n) is 6.85. The van der Waals surface area contributed by atoms with E-state index in [1.54, 1.807) is 0 Å². The van der Waals surface area contributed by atoms with Crippen molar-refractivity contribution in [3.63, 3.8) is 0 Å². The third-order valence-electron chi connectivity index (χ3n) is 3.45. The summed E-state index contributed by atoms with van der Waals surface area (Å²) in [5.41, 5.74) is 0.753. The molecule has 2 atom stereocenters. The lowest BCUT2D eigenvalue weighted by molar-refractivity contribution is 0.0948. The molecule has 2 unspecified atom stereocenters. The maximum atomic E-state index is 13.3. The molecule has 1 amide bonds. The Hall–Kier alpha value is -1.86. The van der Waals surface area contributed by atoms with E-state index >= 15 is 0 Å². The van der Waals surface area contributed by atoms with Crippen LogP contribution >= 0.6 is 0 Å². The number of carbonyl (C=O) groups is 1. The van der Waals surface area contributed by atoms with Gasteiger partial charge in [-0.2, -0.15) is 0 Å². The van der Waals surface area contributed by atoms with Gasteiger partial charge in [-0.1, -0.05) is 25.2 Å². The van der Waals surface area contributed by atoms with Crippen LogP contribution in [-0.2, 0) is 0 Å². The second-order valence-corrected chi connectivity index (χ2v) is 4.95. The number of amides is 1. The number of aliphatic hydroxyl groups is 1. The lowest BCUT2D eigenvalue weighted by atomic mass is 10.1. The highest BCUT2D eigenvalue weighted by molar-refractivity contribution is 5.97. The Morgan fingerprint density at radius 2 is 2.35 bits per heavy atom. The van der Waals surface area contributed by atoms with E-state index in [9.17, 15) is 9.18 Å². The molecule has 106 valence electrons. The van der Waals surface area contributed by atoms with E-state index in [-0.39, 0.29) is 24.1 Å². The first-order valence-corrected chi connectivity index (χ1v) is 6.85. The van der Waals surface area contributed by atoms with Crippen LogP contribution in [0.4, 0.5) is 4.39 Å². The summed E-state index contributed by atoms with van der Waals surface area (Å²) < 4.78 is 13.3. The molecule has 0 heterocycles. The van der Waals surface area contributed by atoms with Crippen LogP contribution in [0.3, 0.4) is 0 Å². The van der Waals surface area contributed by atoms with Crippen LogP contribution in [0.5, 0.6) is 0 Å². The van der Waals surface area contributed by atoms with E-state index in [4.69, 9.17) is 5.11 Å². The second-order valence-electron chi connectivity index (χ2n) is 4.95. The van der Waals surface area contributed by atoms with Crippen LogP contribution in [0.1, 0.15) is 42.1 Å². The number of nitrogens with one attached hydrogen (secondary N) is 1. The minimum Gasteiger partial charge on any atom is -0.395 e.